The van der Waals surface area contributed by atoms with E-state index in [-0.39, 0.29) is 24.4 Å². The van der Waals surface area contributed by atoms with E-state index in [0.717, 1.165) is 5.56 Å². The molecule has 20 heavy (non-hydrogen) atoms. The minimum atomic E-state index is -0.857. The molecule has 1 atom stereocenters. The smallest absolute Gasteiger partial charge is 0.323 e. The third-order valence-electron chi connectivity index (χ3n) is 3.85. The van der Waals surface area contributed by atoms with Crippen molar-refractivity contribution in [1.82, 2.24) is 10.2 Å². The van der Waals surface area contributed by atoms with E-state index in [4.69, 9.17) is 5.26 Å². The predicted molar refractivity (Wildman–Crippen MR) is 73.5 cm³/mol. The van der Waals surface area contributed by atoms with E-state index in [9.17, 15) is 9.59 Å². The van der Waals surface area contributed by atoms with Gasteiger partial charge in [0.15, 0.2) is 0 Å². The Morgan fingerprint density at radius 1 is 1.40 bits per heavy atom. The van der Waals surface area contributed by atoms with Gasteiger partial charge >= 0.3 is 6.03 Å². The van der Waals surface area contributed by atoms with Crippen molar-refractivity contribution in [3.63, 3.8) is 0 Å². The lowest BCUT2D eigenvalue weighted by atomic mass is 9.88. The molecule has 0 saturated carbocycles. The van der Waals surface area contributed by atoms with Crippen LogP contribution in [0.3, 0.4) is 0 Å². The molecule has 0 aromatic heterocycles. The van der Waals surface area contributed by atoms with E-state index in [1.54, 1.807) is 31.2 Å². The third kappa shape index (κ3) is 2.25. The zero-order valence-electron chi connectivity index (χ0n) is 11.8. The molecule has 1 N–H and O–H groups in total. The maximum atomic E-state index is 12.4. The Hall–Kier alpha value is -2.35. The van der Waals surface area contributed by atoms with E-state index in [1.807, 2.05) is 19.9 Å². The number of hydrogen-bond acceptors (Lipinski definition) is 3. The molecule has 1 aliphatic heterocycles. The second-order valence-corrected chi connectivity index (χ2v) is 5.49. The molecule has 3 amide bonds. The van der Waals surface area contributed by atoms with Crippen LogP contribution in [0.1, 0.15) is 31.9 Å². The van der Waals surface area contributed by atoms with Crippen molar-refractivity contribution < 1.29 is 9.59 Å². The van der Waals surface area contributed by atoms with Gasteiger partial charge in [-0.1, -0.05) is 26.0 Å². The third-order valence-corrected chi connectivity index (χ3v) is 3.85. The first-order valence-corrected chi connectivity index (χ1v) is 6.51. The molecule has 1 heterocycles. The summed E-state index contributed by atoms with van der Waals surface area (Å²) in [7, 11) is 0. The molecular formula is C15H17N3O2. The Labute approximate surface area is 118 Å². The lowest BCUT2D eigenvalue weighted by Crippen LogP contribution is -2.48. The van der Waals surface area contributed by atoms with E-state index in [0.29, 0.717) is 5.56 Å². The SMILES string of the molecule is CC(C)C1(C)NC(=O)N(Cc2cccc(C#N)c2)C1=O. The van der Waals surface area contributed by atoms with Crippen molar-refractivity contribution in [3.8, 4) is 6.07 Å². The topological polar surface area (TPSA) is 73.2 Å². The van der Waals surface area contributed by atoms with E-state index in [2.05, 4.69) is 5.32 Å². The highest BCUT2D eigenvalue weighted by Gasteiger charge is 2.49. The van der Waals surface area contributed by atoms with Crippen LogP contribution in [-0.4, -0.2) is 22.4 Å². The van der Waals surface area contributed by atoms with Crippen LogP contribution in [-0.2, 0) is 11.3 Å². The maximum absolute atomic E-state index is 12.4. The highest BCUT2D eigenvalue weighted by molar-refractivity contribution is 6.06. The summed E-state index contributed by atoms with van der Waals surface area (Å²) in [5, 5.41) is 11.6. The molecule has 0 spiro atoms. The number of urea groups is 1. The molecule has 1 fully saturated rings. The van der Waals surface area contributed by atoms with Crippen molar-refractivity contribution in [2.75, 3.05) is 0 Å². The number of nitriles is 1. The summed E-state index contributed by atoms with van der Waals surface area (Å²) in [6.07, 6.45) is 0. The fourth-order valence-electron chi connectivity index (χ4n) is 2.17. The summed E-state index contributed by atoms with van der Waals surface area (Å²) in [5.41, 5.74) is 0.422. The first-order chi connectivity index (χ1) is 9.38. The number of carbonyl (C=O) groups excluding carboxylic acids is 2. The number of benzene rings is 1. The van der Waals surface area contributed by atoms with Crippen LogP contribution in [0, 0.1) is 17.2 Å². The molecule has 0 aliphatic carbocycles. The van der Waals surface area contributed by atoms with Crippen molar-refractivity contribution >= 4 is 11.9 Å². The van der Waals surface area contributed by atoms with Crippen LogP contribution in [0.25, 0.3) is 0 Å². The van der Waals surface area contributed by atoms with Gasteiger partial charge in [0.1, 0.15) is 5.54 Å². The van der Waals surface area contributed by atoms with Crippen LogP contribution >= 0.6 is 0 Å². The predicted octanol–water partition coefficient (Wildman–Crippen LogP) is 2.02. The normalized spacial score (nSPS) is 22.1. The van der Waals surface area contributed by atoms with Crippen LogP contribution in [0.15, 0.2) is 24.3 Å². The molecule has 0 bridgehead atoms. The Morgan fingerprint density at radius 2 is 2.10 bits per heavy atom. The van der Waals surface area contributed by atoms with Crippen LogP contribution in [0.4, 0.5) is 4.79 Å². The minimum absolute atomic E-state index is 0.00870. The molecule has 1 saturated heterocycles. The van der Waals surface area contributed by atoms with Gasteiger partial charge in [-0.25, -0.2) is 4.79 Å². The van der Waals surface area contributed by atoms with E-state index < -0.39 is 5.54 Å². The van der Waals surface area contributed by atoms with E-state index in [1.165, 1.54) is 4.90 Å². The van der Waals surface area contributed by atoms with Crippen molar-refractivity contribution in [2.45, 2.75) is 32.9 Å². The molecule has 5 heteroatoms. The van der Waals surface area contributed by atoms with Gasteiger partial charge in [0, 0.05) is 0 Å². The van der Waals surface area contributed by atoms with Gasteiger partial charge in [0.2, 0.25) is 0 Å². The molecule has 104 valence electrons. The Balaban J connectivity index is 2.24. The Bertz CT molecular complexity index is 603. The van der Waals surface area contributed by atoms with Crippen LogP contribution < -0.4 is 5.32 Å². The van der Waals surface area contributed by atoms with Gasteiger partial charge in [-0.05, 0) is 30.5 Å². The number of rotatable bonds is 3. The Kier molecular flexibility index (Phi) is 3.49. The molecule has 2 rings (SSSR count). The van der Waals surface area contributed by atoms with Crippen molar-refractivity contribution in [1.29, 1.82) is 5.26 Å². The summed E-state index contributed by atoms with van der Waals surface area (Å²) >= 11 is 0. The first kappa shape index (κ1) is 14.1. The summed E-state index contributed by atoms with van der Waals surface area (Å²) < 4.78 is 0. The molecule has 5 nitrogen and oxygen atoms in total. The van der Waals surface area contributed by atoms with Crippen LogP contribution in [0.5, 0.6) is 0 Å². The number of hydrogen-bond donors (Lipinski definition) is 1. The quantitative estimate of drug-likeness (QED) is 0.855. The number of nitrogens with zero attached hydrogens (tertiary/aromatic N) is 2. The molecule has 1 aromatic rings. The van der Waals surface area contributed by atoms with Crippen molar-refractivity contribution in [3.05, 3.63) is 35.4 Å². The highest BCUT2D eigenvalue weighted by atomic mass is 16.2. The zero-order chi connectivity index (χ0) is 14.9. The average Bonchev–Trinajstić information content (AvgIpc) is 2.64. The van der Waals surface area contributed by atoms with Gasteiger partial charge < -0.3 is 5.32 Å². The number of carbonyl (C=O) groups is 2. The second-order valence-electron chi connectivity index (χ2n) is 5.49. The lowest BCUT2D eigenvalue weighted by molar-refractivity contribution is -0.132. The highest BCUT2D eigenvalue weighted by Crippen LogP contribution is 2.26. The van der Waals surface area contributed by atoms with Crippen LogP contribution in [0.2, 0.25) is 0 Å². The fraction of sp³-hybridized carbons (Fsp3) is 0.400. The van der Waals surface area contributed by atoms with E-state index >= 15 is 0 Å². The molecule has 1 aliphatic rings. The number of amides is 3. The summed E-state index contributed by atoms with van der Waals surface area (Å²) in [6.45, 7) is 5.72. The number of imide groups is 1. The summed E-state index contributed by atoms with van der Waals surface area (Å²) in [6, 6.07) is 8.58. The summed E-state index contributed by atoms with van der Waals surface area (Å²) in [4.78, 5) is 25.6. The van der Waals surface area contributed by atoms with Gasteiger partial charge in [0.25, 0.3) is 5.91 Å². The second kappa shape index (κ2) is 4.97. The molecular weight excluding hydrogens is 254 g/mol. The largest absolute Gasteiger partial charge is 0.325 e. The molecule has 1 aromatic carbocycles. The van der Waals surface area contributed by atoms with Gasteiger partial charge in [0.05, 0.1) is 18.2 Å². The minimum Gasteiger partial charge on any atom is -0.323 e. The molecule has 1 unspecified atom stereocenters. The lowest BCUT2D eigenvalue weighted by Gasteiger charge is -2.25. The Morgan fingerprint density at radius 3 is 2.65 bits per heavy atom. The monoisotopic (exact) mass is 271 g/mol. The van der Waals surface area contributed by atoms with Gasteiger partial charge in [-0.2, -0.15) is 5.26 Å². The van der Waals surface area contributed by atoms with Gasteiger partial charge in [-0.3, -0.25) is 9.69 Å². The van der Waals surface area contributed by atoms with Gasteiger partial charge in [-0.15, -0.1) is 0 Å². The molecule has 0 radical (unpaired) electrons. The summed E-state index contributed by atoms with van der Waals surface area (Å²) in [5.74, 6) is -0.214. The van der Waals surface area contributed by atoms with Crippen molar-refractivity contribution in [2.24, 2.45) is 5.92 Å². The number of nitrogens with one attached hydrogen (secondary N) is 1. The zero-order valence-corrected chi connectivity index (χ0v) is 11.8. The standard InChI is InChI=1S/C15H17N3O2/c1-10(2)15(3)13(19)18(14(20)17-15)9-12-6-4-5-11(7-12)8-16/h4-7,10H,9H2,1-3H3,(H,17,20). The first-order valence-electron chi connectivity index (χ1n) is 6.51. The maximum Gasteiger partial charge on any atom is 0.325 e. The average molecular weight is 271 g/mol. The fourth-order valence-corrected chi connectivity index (χ4v) is 2.17.